The highest BCUT2D eigenvalue weighted by molar-refractivity contribution is 7.80. The molecule has 0 saturated carbocycles. The van der Waals surface area contributed by atoms with Crippen LogP contribution in [-0.4, -0.2) is 15.0 Å². The minimum absolute atomic E-state index is 0.0345. The molecule has 1 heterocycles. The van der Waals surface area contributed by atoms with Crippen molar-refractivity contribution in [2.45, 2.75) is 0 Å². The van der Waals surface area contributed by atoms with Gasteiger partial charge in [0.25, 0.3) is 5.56 Å². The SMILES string of the molecule is NC(=S)c1c(-c2ccccc2)nc(-c2ccccc2)[nH]c1=O. The van der Waals surface area contributed by atoms with E-state index >= 15 is 0 Å². The second-order valence-corrected chi connectivity index (χ2v) is 5.17. The summed E-state index contributed by atoms with van der Waals surface area (Å²) in [5.41, 5.74) is 7.74. The molecule has 0 bridgehead atoms. The van der Waals surface area contributed by atoms with Gasteiger partial charge in [-0.05, 0) is 0 Å². The van der Waals surface area contributed by atoms with Gasteiger partial charge in [-0.2, -0.15) is 0 Å². The normalized spacial score (nSPS) is 10.4. The molecule has 0 aliphatic rings. The first-order chi connectivity index (χ1) is 10.7. The molecule has 0 spiro atoms. The highest BCUT2D eigenvalue weighted by atomic mass is 32.1. The van der Waals surface area contributed by atoms with Gasteiger partial charge in [0.05, 0.1) is 5.69 Å². The molecule has 3 N–H and O–H groups in total. The van der Waals surface area contributed by atoms with Crippen LogP contribution < -0.4 is 11.3 Å². The minimum Gasteiger partial charge on any atom is -0.389 e. The van der Waals surface area contributed by atoms with E-state index in [1.54, 1.807) is 0 Å². The predicted molar refractivity (Wildman–Crippen MR) is 91.6 cm³/mol. The van der Waals surface area contributed by atoms with Gasteiger partial charge in [-0.15, -0.1) is 0 Å². The Labute approximate surface area is 132 Å². The van der Waals surface area contributed by atoms with E-state index in [4.69, 9.17) is 18.0 Å². The number of nitrogens with zero attached hydrogens (tertiary/aromatic N) is 1. The zero-order chi connectivity index (χ0) is 15.5. The third kappa shape index (κ3) is 2.66. The van der Waals surface area contributed by atoms with Gasteiger partial charge >= 0.3 is 0 Å². The van der Waals surface area contributed by atoms with Crippen LogP contribution in [0.2, 0.25) is 0 Å². The summed E-state index contributed by atoms with van der Waals surface area (Å²) < 4.78 is 0. The summed E-state index contributed by atoms with van der Waals surface area (Å²) in [5, 5.41) is 0. The van der Waals surface area contributed by atoms with Crippen LogP contribution in [0.4, 0.5) is 0 Å². The van der Waals surface area contributed by atoms with E-state index in [2.05, 4.69) is 9.97 Å². The smallest absolute Gasteiger partial charge is 0.262 e. The Morgan fingerprint density at radius 1 is 0.955 bits per heavy atom. The van der Waals surface area contributed by atoms with Crippen molar-refractivity contribution in [3.8, 4) is 22.6 Å². The number of aromatic nitrogens is 2. The molecule has 5 heteroatoms. The van der Waals surface area contributed by atoms with E-state index in [-0.39, 0.29) is 16.1 Å². The van der Waals surface area contributed by atoms with Crippen molar-refractivity contribution in [3.63, 3.8) is 0 Å². The Bertz CT molecular complexity index is 873. The molecule has 2 aromatic carbocycles. The molecule has 108 valence electrons. The van der Waals surface area contributed by atoms with Gasteiger partial charge in [0, 0.05) is 11.1 Å². The third-order valence-electron chi connectivity index (χ3n) is 3.26. The average Bonchev–Trinajstić information content (AvgIpc) is 2.55. The first-order valence-electron chi connectivity index (χ1n) is 6.72. The molecule has 0 aliphatic heterocycles. The predicted octanol–water partition coefficient (Wildman–Crippen LogP) is 2.74. The van der Waals surface area contributed by atoms with Gasteiger partial charge in [0.1, 0.15) is 16.4 Å². The third-order valence-corrected chi connectivity index (χ3v) is 3.46. The summed E-state index contributed by atoms with van der Waals surface area (Å²) in [5.74, 6) is 0.490. The van der Waals surface area contributed by atoms with Crippen LogP contribution in [0.15, 0.2) is 65.5 Å². The first-order valence-corrected chi connectivity index (χ1v) is 7.12. The van der Waals surface area contributed by atoms with E-state index in [0.717, 1.165) is 11.1 Å². The van der Waals surface area contributed by atoms with Crippen LogP contribution in [0.25, 0.3) is 22.6 Å². The Hall–Kier alpha value is -2.79. The maximum absolute atomic E-state index is 12.4. The Balaban J connectivity index is 2.29. The monoisotopic (exact) mass is 307 g/mol. The van der Waals surface area contributed by atoms with Gasteiger partial charge in [-0.3, -0.25) is 4.79 Å². The van der Waals surface area contributed by atoms with Crippen molar-refractivity contribution in [2.75, 3.05) is 0 Å². The lowest BCUT2D eigenvalue weighted by molar-refractivity contribution is 1.12. The van der Waals surface area contributed by atoms with Crippen molar-refractivity contribution >= 4 is 17.2 Å². The number of H-pyrrole nitrogens is 1. The molecule has 0 aliphatic carbocycles. The fraction of sp³-hybridized carbons (Fsp3) is 0. The maximum atomic E-state index is 12.4. The number of nitrogens with one attached hydrogen (secondary N) is 1. The van der Waals surface area contributed by atoms with Crippen LogP contribution in [0.1, 0.15) is 5.56 Å². The quantitative estimate of drug-likeness (QED) is 0.730. The van der Waals surface area contributed by atoms with Gasteiger partial charge in [-0.1, -0.05) is 72.9 Å². The van der Waals surface area contributed by atoms with E-state index in [9.17, 15) is 4.79 Å². The molecule has 0 unspecified atom stereocenters. The Morgan fingerprint density at radius 2 is 1.50 bits per heavy atom. The van der Waals surface area contributed by atoms with Crippen LogP contribution in [0.5, 0.6) is 0 Å². The summed E-state index contributed by atoms with van der Waals surface area (Å²) in [7, 11) is 0. The second-order valence-electron chi connectivity index (χ2n) is 4.73. The van der Waals surface area contributed by atoms with Crippen molar-refractivity contribution in [1.82, 2.24) is 9.97 Å². The summed E-state index contributed by atoms with van der Waals surface area (Å²) >= 11 is 5.01. The number of nitrogens with two attached hydrogens (primary N) is 1. The van der Waals surface area contributed by atoms with Gasteiger partial charge in [0.15, 0.2) is 0 Å². The molecule has 3 rings (SSSR count). The van der Waals surface area contributed by atoms with E-state index in [1.807, 2.05) is 60.7 Å². The minimum atomic E-state index is -0.333. The van der Waals surface area contributed by atoms with Crippen molar-refractivity contribution < 1.29 is 0 Å². The number of hydrogen-bond donors (Lipinski definition) is 2. The lowest BCUT2D eigenvalue weighted by atomic mass is 10.1. The summed E-state index contributed by atoms with van der Waals surface area (Å²) in [6.07, 6.45) is 0. The average molecular weight is 307 g/mol. The van der Waals surface area contributed by atoms with Crippen LogP contribution in [-0.2, 0) is 0 Å². The van der Waals surface area contributed by atoms with Crippen molar-refractivity contribution in [3.05, 3.63) is 76.6 Å². The lowest BCUT2D eigenvalue weighted by Crippen LogP contribution is -2.25. The number of hydrogen-bond acceptors (Lipinski definition) is 3. The van der Waals surface area contributed by atoms with E-state index < -0.39 is 0 Å². The standard InChI is InChI=1S/C17H13N3OS/c18-15(22)13-14(11-7-3-1-4-8-11)19-16(20-17(13)21)12-9-5-2-6-10-12/h1-10H,(H2,18,22)(H,19,20,21). The highest BCUT2D eigenvalue weighted by Gasteiger charge is 2.16. The van der Waals surface area contributed by atoms with Gasteiger partial charge in [-0.25, -0.2) is 4.98 Å². The largest absolute Gasteiger partial charge is 0.389 e. The first kappa shape index (κ1) is 14.2. The van der Waals surface area contributed by atoms with E-state index in [0.29, 0.717) is 11.5 Å². The number of rotatable bonds is 3. The second kappa shape index (κ2) is 5.91. The molecule has 0 radical (unpaired) electrons. The maximum Gasteiger partial charge on any atom is 0.262 e. The molecule has 3 aromatic rings. The van der Waals surface area contributed by atoms with Crippen LogP contribution in [0.3, 0.4) is 0 Å². The lowest BCUT2D eigenvalue weighted by Gasteiger charge is -2.09. The number of aromatic amines is 1. The molecule has 22 heavy (non-hydrogen) atoms. The van der Waals surface area contributed by atoms with Gasteiger partial charge in [0.2, 0.25) is 0 Å². The van der Waals surface area contributed by atoms with E-state index in [1.165, 1.54) is 0 Å². The Kier molecular flexibility index (Phi) is 3.80. The zero-order valence-corrected chi connectivity index (χ0v) is 12.4. The highest BCUT2D eigenvalue weighted by Crippen LogP contribution is 2.22. The molecule has 0 saturated heterocycles. The molecule has 0 atom stereocenters. The summed E-state index contributed by atoms with van der Waals surface area (Å²) in [4.78, 5) is 19.7. The van der Waals surface area contributed by atoms with Crippen LogP contribution >= 0.6 is 12.2 Å². The molecule has 0 amide bonds. The van der Waals surface area contributed by atoms with Crippen molar-refractivity contribution in [1.29, 1.82) is 0 Å². The molecule has 0 fully saturated rings. The molecule has 4 nitrogen and oxygen atoms in total. The van der Waals surface area contributed by atoms with Gasteiger partial charge < -0.3 is 10.7 Å². The Morgan fingerprint density at radius 3 is 2.05 bits per heavy atom. The molecular formula is C17H13N3OS. The van der Waals surface area contributed by atoms with Crippen molar-refractivity contribution in [2.24, 2.45) is 5.73 Å². The van der Waals surface area contributed by atoms with Crippen LogP contribution in [0, 0.1) is 0 Å². The number of thiocarbonyl (C=S) groups is 1. The topological polar surface area (TPSA) is 71.8 Å². The molecule has 1 aromatic heterocycles. The fourth-order valence-electron chi connectivity index (χ4n) is 2.24. The number of benzene rings is 2. The summed E-state index contributed by atoms with van der Waals surface area (Å²) in [6, 6.07) is 18.8. The summed E-state index contributed by atoms with van der Waals surface area (Å²) in [6.45, 7) is 0. The molecular weight excluding hydrogens is 294 g/mol. The fourth-order valence-corrected chi connectivity index (χ4v) is 2.43. The zero-order valence-electron chi connectivity index (χ0n) is 11.6.